The van der Waals surface area contributed by atoms with Crippen molar-refractivity contribution in [2.45, 2.75) is 13.8 Å². The van der Waals surface area contributed by atoms with Gasteiger partial charge >= 0.3 is 0 Å². The van der Waals surface area contributed by atoms with E-state index in [4.69, 9.17) is 5.73 Å². The van der Waals surface area contributed by atoms with E-state index in [1.165, 1.54) is 0 Å². The van der Waals surface area contributed by atoms with Gasteiger partial charge in [-0.2, -0.15) is 0 Å². The first-order chi connectivity index (χ1) is 10.9. The molecule has 0 aliphatic heterocycles. The van der Waals surface area contributed by atoms with Gasteiger partial charge in [0.25, 0.3) is 0 Å². The van der Waals surface area contributed by atoms with Crippen molar-refractivity contribution < 1.29 is 4.79 Å². The van der Waals surface area contributed by atoms with E-state index in [0.717, 1.165) is 27.0 Å². The molecule has 0 saturated carbocycles. The summed E-state index contributed by atoms with van der Waals surface area (Å²) in [6, 6.07) is 13.5. The van der Waals surface area contributed by atoms with Gasteiger partial charge in [-0.3, -0.25) is 4.79 Å². The third-order valence-electron chi connectivity index (χ3n) is 3.16. The highest BCUT2D eigenvalue weighted by atomic mass is 79.9. The molecule has 120 valence electrons. The van der Waals surface area contributed by atoms with E-state index < -0.39 is 0 Å². The summed E-state index contributed by atoms with van der Waals surface area (Å²) in [5.41, 5.74) is 9.50. The fourth-order valence-corrected chi connectivity index (χ4v) is 2.35. The fourth-order valence-electron chi connectivity index (χ4n) is 1.99. The number of carbonyl (C=O) groups excluding carboxylic acids is 1. The van der Waals surface area contributed by atoms with Crippen LogP contribution in [-0.2, 0) is 4.79 Å². The highest BCUT2D eigenvalue weighted by Crippen LogP contribution is 2.20. The molecule has 0 bridgehead atoms. The van der Waals surface area contributed by atoms with Gasteiger partial charge in [0, 0.05) is 15.8 Å². The van der Waals surface area contributed by atoms with Crippen LogP contribution in [0.4, 0.5) is 11.4 Å². The summed E-state index contributed by atoms with van der Waals surface area (Å²) in [5.74, 6) is -0.0168. The van der Waals surface area contributed by atoms with Crippen molar-refractivity contribution in [3.05, 3.63) is 58.1 Å². The third-order valence-corrected chi connectivity index (χ3v) is 3.65. The largest absolute Gasteiger partial charge is 0.370 e. The number of guanidine groups is 1. The molecule has 0 radical (unpaired) electrons. The first kappa shape index (κ1) is 17.0. The summed E-state index contributed by atoms with van der Waals surface area (Å²) in [7, 11) is 0. The molecule has 0 fully saturated rings. The Labute approximate surface area is 144 Å². The zero-order chi connectivity index (χ0) is 16.8. The van der Waals surface area contributed by atoms with Crippen LogP contribution in [-0.4, -0.2) is 18.4 Å². The van der Waals surface area contributed by atoms with E-state index in [-0.39, 0.29) is 18.4 Å². The summed E-state index contributed by atoms with van der Waals surface area (Å²) in [6.07, 6.45) is 0. The van der Waals surface area contributed by atoms with Crippen LogP contribution >= 0.6 is 15.9 Å². The quantitative estimate of drug-likeness (QED) is 0.566. The van der Waals surface area contributed by atoms with Crippen LogP contribution in [0, 0.1) is 13.8 Å². The Morgan fingerprint density at radius 2 is 1.96 bits per heavy atom. The number of rotatable bonds is 4. The summed E-state index contributed by atoms with van der Waals surface area (Å²) in [4.78, 5) is 16.0. The van der Waals surface area contributed by atoms with E-state index in [9.17, 15) is 4.79 Å². The van der Waals surface area contributed by atoms with Crippen LogP contribution in [0.5, 0.6) is 0 Å². The minimum absolute atomic E-state index is 0.0450. The number of anilines is 2. The van der Waals surface area contributed by atoms with Crippen LogP contribution in [0.1, 0.15) is 11.1 Å². The molecule has 0 saturated heterocycles. The van der Waals surface area contributed by atoms with E-state index in [1.54, 1.807) is 0 Å². The summed E-state index contributed by atoms with van der Waals surface area (Å²) < 4.78 is 0.905. The van der Waals surface area contributed by atoms with Gasteiger partial charge in [-0.1, -0.05) is 34.1 Å². The number of halogens is 1. The summed E-state index contributed by atoms with van der Waals surface area (Å²) in [5, 5.41) is 5.78. The topological polar surface area (TPSA) is 79.5 Å². The molecular weight excluding hydrogens is 356 g/mol. The normalized spacial score (nSPS) is 11.2. The summed E-state index contributed by atoms with van der Waals surface area (Å²) >= 11 is 3.38. The molecule has 5 nitrogen and oxygen atoms in total. The van der Waals surface area contributed by atoms with E-state index in [1.807, 2.05) is 56.3 Å². The molecule has 2 aromatic carbocycles. The lowest BCUT2D eigenvalue weighted by molar-refractivity contribution is -0.114. The Morgan fingerprint density at radius 1 is 1.17 bits per heavy atom. The first-order valence-corrected chi connectivity index (χ1v) is 7.93. The van der Waals surface area contributed by atoms with Gasteiger partial charge in [0.1, 0.15) is 6.54 Å². The molecule has 6 heteroatoms. The maximum atomic E-state index is 12.0. The molecule has 0 unspecified atom stereocenters. The van der Waals surface area contributed by atoms with Gasteiger partial charge in [0.15, 0.2) is 5.96 Å². The smallest absolute Gasteiger partial charge is 0.246 e. The van der Waals surface area contributed by atoms with E-state index >= 15 is 0 Å². The van der Waals surface area contributed by atoms with Gasteiger partial charge in [0.2, 0.25) is 5.91 Å². The molecular formula is C17H19BrN4O. The Hall–Kier alpha value is -2.34. The predicted octanol–water partition coefficient (Wildman–Crippen LogP) is 3.43. The molecule has 0 aromatic heterocycles. The van der Waals surface area contributed by atoms with E-state index in [2.05, 4.69) is 31.6 Å². The van der Waals surface area contributed by atoms with E-state index in [0.29, 0.717) is 0 Å². The SMILES string of the molecule is Cc1cccc(NC(N)=NCC(=O)Nc2cc(Br)ccc2C)c1. The number of nitrogens with zero attached hydrogens (tertiary/aromatic N) is 1. The Morgan fingerprint density at radius 3 is 2.70 bits per heavy atom. The fraction of sp³-hybridized carbons (Fsp3) is 0.176. The second-order valence-corrected chi connectivity index (χ2v) is 6.12. The van der Waals surface area contributed by atoms with Gasteiger partial charge in [0.05, 0.1) is 0 Å². The standard InChI is InChI=1S/C17H19BrN4O/c1-11-4-3-5-14(8-11)21-17(19)20-10-16(23)22-15-9-13(18)7-6-12(15)2/h3-9H,10H2,1-2H3,(H,22,23)(H3,19,20,21). The minimum atomic E-state index is -0.222. The molecule has 2 aromatic rings. The molecule has 2 rings (SSSR count). The second kappa shape index (κ2) is 7.78. The van der Waals surface area contributed by atoms with Gasteiger partial charge in [-0.15, -0.1) is 0 Å². The van der Waals surface area contributed by atoms with Crippen LogP contribution in [0.2, 0.25) is 0 Å². The number of benzene rings is 2. The zero-order valence-corrected chi connectivity index (χ0v) is 14.6. The first-order valence-electron chi connectivity index (χ1n) is 7.13. The van der Waals surface area contributed by atoms with Crippen molar-refractivity contribution >= 4 is 39.2 Å². The Balaban J connectivity index is 1.93. The maximum absolute atomic E-state index is 12.0. The number of hydrogen-bond acceptors (Lipinski definition) is 2. The van der Waals surface area contributed by atoms with Crippen molar-refractivity contribution in [1.29, 1.82) is 0 Å². The molecule has 4 N–H and O–H groups in total. The Kier molecular flexibility index (Phi) is 5.76. The highest BCUT2D eigenvalue weighted by Gasteiger charge is 2.05. The lowest BCUT2D eigenvalue weighted by atomic mass is 10.2. The van der Waals surface area contributed by atoms with Gasteiger partial charge < -0.3 is 16.4 Å². The second-order valence-electron chi connectivity index (χ2n) is 5.20. The summed E-state index contributed by atoms with van der Waals surface area (Å²) in [6.45, 7) is 3.88. The van der Waals surface area contributed by atoms with Gasteiger partial charge in [-0.25, -0.2) is 4.99 Å². The number of hydrogen-bond donors (Lipinski definition) is 3. The number of carbonyl (C=O) groups is 1. The van der Waals surface area contributed by atoms with Crippen molar-refractivity contribution in [2.24, 2.45) is 10.7 Å². The van der Waals surface area contributed by atoms with Crippen LogP contribution in [0.15, 0.2) is 51.9 Å². The molecule has 1 amide bonds. The average molecular weight is 375 g/mol. The zero-order valence-electron chi connectivity index (χ0n) is 13.1. The van der Waals surface area contributed by atoms with Crippen molar-refractivity contribution in [3.63, 3.8) is 0 Å². The predicted molar refractivity (Wildman–Crippen MR) is 98.8 cm³/mol. The number of aliphatic imine (C=N–C) groups is 1. The Bertz CT molecular complexity index is 743. The monoisotopic (exact) mass is 374 g/mol. The molecule has 0 atom stereocenters. The number of aryl methyl sites for hydroxylation is 2. The lowest BCUT2D eigenvalue weighted by Gasteiger charge is -2.09. The average Bonchev–Trinajstić information content (AvgIpc) is 2.49. The molecule has 0 heterocycles. The number of nitrogens with one attached hydrogen (secondary N) is 2. The molecule has 23 heavy (non-hydrogen) atoms. The van der Waals surface area contributed by atoms with Crippen molar-refractivity contribution in [2.75, 3.05) is 17.2 Å². The molecule has 0 aliphatic carbocycles. The van der Waals surface area contributed by atoms with Crippen molar-refractivity contribution in [1.82, 2.24) is 0 Å². The maximum Gasteiger partial charge on any atom is 0.246 e. The van der Waals surface area contributed by atoms with Crippen LogP contribution in [0.3, 0.4) is 0 Å². The third kappa shape index (κ3) is 5.41. The molecule has 0 aliphatic rings. The van der Waals surface area contributed by atoms with Crippen LogP contribution in [0.25, 0.3) is 0 Å². The van der Waals surface area contributed by atoms with Crippen molar-refractivity contribution in [3.8, 4) is 0 Å². The number of nitrogens with two attached hydrogens (primary N) is 1. The van der Waals surface area contributed by atoms with Gasteiger partial charge in [-0.05, 0) is 49.2 Å². The highest BCUT2D eigenvalue weighted by molar-refractivity contribution is 9.10. The lowest BCUT2D eigenvalue weighted by Crippen LogP contribution is -2.25. The minimum Gasteiger partial charge on any atom is -0.370 e. The van der Waals surface area contributed by atoms with Crippen LogP contribution < -0.4 is 16.4 Å². The number of amides is 1. The molecule has 0 spiro atoms.